The largest absolute Gasteiger partial charge is 0.465 e. The summed E-state index contributed by atoms with van der Waals surface area (Å²) in [4.78, 5) is 15.7. The summed E-state index contributed by atoms with van der Waals surface area (Å²) in [5.74, 6) is -0.0514. The van der Waals surface area contributed by atoms with E-state index in [1.54, 1.807) is 24.5 Å². The number of nitriles is 1. The van der Waals surface area contributed by atoms with Gasteiger partial charge in [-0.1, -0.05) is 13.8 Å². The van der Waals surface area contributed by atoms with Crippen LogP contribution in [-0.4, -0.2) is 22.6 Å². The number of nitrogens with two attached hydrogens (primary N) is 1. The normalized spacial score (nSPS) is 10.5. The molecule has 0 saturated heterocycles. The number of nitrogen functional groups attached to an aromatic ring is 1. The molecule has 2 rings (SSSR count). The number of imidazole rings is 1. The van der Waals surface area contributed by atoms with Crippen LogP contribution < -0.4 is 5.73 Å². The first-order chi connectivity index (χ1) is 10.5. The maximum Gasteiger partial charge on any atom is 0.337 e. The Bertz CT molecular complexity index is 741. The average Bonchev–Trinajstić information content (AvgIpc) is 2.88. The van der Waals surface area contributed by atoms with Crippen LogP contribution in [0.2, 0.25) is 0 Å². The predicted molar refractivity (Wildman–Crippen MR) is 83.0 cm³/mol. The van der Waals surface area contributed by atoms with Crippen molar-refractivity contribution in [3.63, 3.8) is 0 Å². The molecule has 0 aliphatic heterocycles. The maximum absolute atomic E-state index is 11.6. The second-order valence-electron chi connectivity index (χ2n) is 5.39. The molecule has 0 bridgehead atoms. The van der Waals surface area contributed by atoms with Gasteiger partial charge in [0, 0.05) is 17.8 Å². The first-order valence-electron chi connectivity index (χ1n) is 6.91. The first kappa shape index (κ1) is 15.6. The lowest BCUT2D eigenvalue weighted by atomic mass is 10.0. The SMILES string of the molecule is COC(=O)c1ccc(-c2c(C#N)ncn2CC(C)C)c(N)c1. The zero-order chi connectivity index (χ0) is 16.3. The molecular formula is C16H18N4O2. The van der Waals surface area contributed by atoms with Crippen LogP contribution in [0.4, 0.5) is 5.69 Å². The highest BCUT2D eigenvalue weighted by Gasteiger charge is 2.17. The number of hydrogen-bond donors (Lipinski definition) is 1. The summed E-state index contributed by atoms with van der Waals surface area (Å²) in [6.45, 7) is 4.89. The van der Waals surface area contributed by atoms with Gasteiger partial charge in [0.2, 0.25) is 0 Å². The molecule has 6 nitrogen and oxygen atoms in total. The van der Waals surface area contributed by atoms with Crippen LogP contribution in [0.25, 0.3) is 11.3 Å². The molecule has 114 valence electrons. The zero-order valence-corrected chi connectivity index (χ0v) is 12.8. The number of carbonyl (C=O) groups is 1. The number of nitrogens with zero attached hydrogens (tertiary/aromatic N) is 3. The molecule has 0 aliphatic carbocycles. The number of aromatic nitrogens is 2. The van der Waals surface area contributed by atoms with E-state index < -0.39 is 5.97 Å². The predicted octanol–water partition coefficient (Wildman–Crippen LogP) is 2.45. The van der Waals surface area contributed by atoms with Gasteiger partial charge in [-0.15, -0.1) is 0 Å². The fraction of sp³-hybridized carbons (Fsp3) is 0.312. The Morgan fingerprint density at radius 3 is 2.77 bits per heavy atom. The van der Waals surface area contributed by atoms with E-state index in [-0.39, 0.29) is 0 Å². The standard InChI is InChI=1S/C16H18N4O2/c1-10(2)8-20-9-19-14(7-17)15(20)12-5-4-11(6-13(12)18)16(21)22-3/h4-6,9-10H,8,18H2,1-3H3. The summed E-state index contributed by atoms with van der Waals surface area (Å²) in [7, 11) is 1.32. The Morgan fingerprint density at radius 1 is 1.50 bits per heavy atom. The van der Waals surface area contributed by atoms with Crippen LogP contribution in [0, 0.1) is 17.2 Å². The number of benzene rings is 1. The minimum Gasteiger partial charge on any atom is -0.465 e. The van der Waals surface area contributed by atoms with Gasteiger partial charge < -0.3 is 15.0 Å². The number of anilines is 1. The van der Waals surface area contributed by atoms with Crippen LogP contribution >= 0.6 is 0 Å². The van der Waals surface area contributed by atoms with Gasteiger partial charge in [-0.3, -0.25) is 0 Å². The summed E-state index contributed by atoms with van der Waals surface area (Å²) in [5, 5.41) is 9.26. The van der Waals surface area contributed by atoms with E-state index in [2.05, 4.69) is 29.6 Å². The number of carbonyl (C=O) groups excluding carboxylic acids is 1. The number of methoxy groups -OCH3 is 1. The van der Waals surface area contributed by atoms with E-state index in [4.69, 9.17) is 5.73 Å². The average molecular weight is 298 g/mol. The van der Waals surface area contributed by atoms with Crippen molar-refractivity contribution in [1.82, 2.24) is 9.55 Å². The maximum atomic E-state index is 11.6. The van der Waals surface area contributed by atoms with Gasteiger partial charge in [-0.2, -0.15) is 5.26 Å². The van der Waals surface area contributed by atoms with Gasteiger partial charge in [-0.25, -0.2) is 9.78 Å². The summed E-state index contributed by atoms with van der Waals surface area (Å²) in [5.41, 5.74) is 8.52. The van der Waals surface area contributed by atoms with E-state index in [1.807, 2.05) is 4.57 Å². The van der Waals surface area contributed by atoms with Crippen molar-refractivity contribution in [3.8, 4) is 17.3 Å². The summed E-state index contributed by atoms with van der Waals surface area (Å²) < 4.78 is 6.59. The molecule has 0 atom stereocenters. The smallest absolute Gasteiger partial charge is 0.337 e. The monoisotopic (exact) mass is 298 g/mol. The molecule has 0 radical (unpaired) electrons. The van der Waals surface area contributed by atoms with Crippen molar-refractivity contribution in [1.29, 1.82) is 5.26 Å². The highest BCUT2D eigenvalue weighted by Crippen LogP contribution is 2.30. The van der Waals surface area contributed by atoms with Crippen LogP contribution in [0.5, 0.6) is 0 Å². The fourth-order valence-electron chi connectivity index (χ4n) is 2.30. The molecule has 0 saturated carbocycles. The third-order valence-electron chi connectivity index (χ3n) is 3.23. The molecule has 2 aromatic rings. The molecule has 1 aromatic heterocycles. The summed E-state index contributed by atoms with van der Waals surface area (Å²) in [6.07, 6.45) is 1.64. The fourth-order valence-corrected chi connectivity index (χ4v) is 2.30. The molecule has 1 aromatic carbocycles. The van der Waals surface area contributed by atoms with Gasteiger partial charge in [0.1, 0.15) is 6.07 Å². The van der Waals surface area contributed by atoms with Gasteiger partial charge in [0.15, 0.2) is 5.69 Å². The lowest BCUT2D eigenvalue weighted by Gasteiger charge is -2.13. The van der Waals surface area contributed by atoms with E-state index in [9.17, 15) is 10.1 Å². The Hall–Kier alpha value is -2.81. The molecule has 22 heavy (non-hydrogen) atoms. The van der Waals surface area contributed by atoms with Crippen molar-refractivity contribution in [3.05, 3.63) is 35.8 Å². The highest BCUT2D eigenvalue weighted by molar-refractivity contribution is 5.92. The Labute approximate surface area is 129 Å². The minimum atomic E-state index is -0.450. The Morgan fingerprint density at radius 2 is 2.23 bits per heavy atom. The first-order valence-corrected chi connectivity index (χ1v) is 6.91. The Balaban J connectivity index is 2.54. The highest BCUT2D eigenvalue weighted by atomic mass is 16.5. The molecule has 2 N–H and O–H groups in total. The van der Waals surface area contributed by atoms with Gasteiger partial charge in [0.25, 0.3) is 0 Å². The van der Waals surface area contributed by atoms with Gasteiger partial charge >= 0.3 is 5.97 Å². The molecular weight excluding hydrogens is 280 g/mol. The van der Waals surface area contributed by atoms with Gasteiger partial charge in [-0.05, 0) is 24.1 Å². The number of esters is 1. The minimum absolute atomic E-state index is 0.318. The van der Waals surface area contributed by atoms with Crippen molar-refractivity contribution < 1.29 is 9.53 Å². The lowest BCUT2D eigenvalue weighted by molar-refractivity contribution is 0.0601. The second kappa shape index (κ2) is 6.31. The van der Waals surface area contributed by atoms with Crippen molar-refractivity contribution in [2.45, 2.75) is 20.4 Å². The molecule has 1 heterocycles. The third kappa shape index (κ3) is 2.93. The molecule has 0 unspecified atom stereocenters. The van der Waals surface area contributed by atoms with E-state index in [0.717, 1.165) is 6.54 Å². The quantitative estimate of drug-likeness (QED) is 0.691. The van der Waals surface area contributed by atoms with Crippen molar-refractivity contribution in [2.24, 2.45) is 5.92 Å². The van der Waals surface area contributed by atoms with E-state index >= 15 is 0 Å². The third-order valence-corrected chi connectivity index (χ3v) is 3.23. The van der Waals surface area contributed by atoms with Crippen LogP contribution in [0.1, 0.15) is 29.9 Å². The van der Waals surface area contributed by atoms with Crippen LogP contribution in [-0.2, 0) is 11.3 Å². The summed E-state index contributed by atoms with van der Waals surface area (Å²) in [6, 6.07) is 6.98. The van der Waals surface area contributed by atoms with E-state index in [1.165, 1.54) is 7.11 Å². The second-order valence-corrected chi connectivity index (χ2v) is 5.39. The number of rotatable bonds is 4. The van der Waals surface area contributed by atoms with Gasteiger partial charge in [0.05, 0.1) is 24.7 Å². The van der Waals surface area contributed by atoms with Crippen molar-refractivity contribution in [2.75, 3.05) is 12.8 Å². The molecule has 0 spiro atoms. The summed E-state index contributed by atoms with van der Waals surface area (Å²) >= 11 is 0. The Kier molecular flexibility index (Phi) is 4.47. The van der Waals surface area contributed by atoms with E-state index in [0.29, 0.717) is 34.1 Å². The van der Waals surface area contributed by atoms with Crippen LogP contribution in [0.3, 0.4) is 0 Å². The topological polar surface area (TPSA) is 93.9 Å². The molecule has 0 amide bonds. The molecule has 0 fully saturated rings. The molecule has 0 aliphatic rings. The zero-order valence-electron chi connectivity index (χ0n) is 12.8. The van der Waals surface area contributed by atoms with Crippen LogP contribution in [0.15, 0.2) is 24.5 Å². The number of ether oxygens (including phenoxy) is 1. The van der Waals surface area contributed by atoms with Crippen molar-refractivity contribution >= 4 is 11.7 Å². The number of hydrogen-bond acceptors (Lipinski definition) is 5. The molecule has 6 heteroatoms. The lowest BCUT2D eigenvalue weighted by Crippen LogP contribution is -2.07.